The van der Waals surface area contributed by atoms with E-state index in [0.29, 0.717) is 6.61 Å². The normalized spacial score (nSPS) is 13.5. The van der Waals surface area contributed by atoms with Gasteiger partial charge in [0.25, 0.3) is 12.1 Å². The molecule has 184 valence electrons. The van der Waals surface area contributed by atoms with Crippen molar-refractivity contribution in [3.05, 3.63) is 109 Å². The third-order valence-corrected chi connectivity index (χ3v) is 11.3. The molecule has 7 heteroatoms. The van der Waals surface area contributed by atoms with E-state index in [1.54, 1.807) is 0 Å². The summed E-state index contributed by atoms with van der Waals surface area (Å²) < 4.78 is 10.7. The summed E-state index contributed by atoms with van der Waals surface area (Å²) in [6.45, 7) is 7.07. The summed E-state index contributed by atoms with van der Waals surface area (Å²) >= 11 is 17.6. The Morgan fingerprint density at radius 2 is 1.29 bits per heavy atom. The number of halogens is 3. The molecule has 35 heavy (non-hydrogen) atoms. The van der Waals surface area contributed by atoms with E-state index in [1.807, 2.05) is 54.6 Å². The maximum Gasteiger partial charge on any atom is 0.265 e. The van der Waals surface area contributed by atoms with Crippen LogP contribution < -0.4 is 10.4 Å². The highest BCUT2D eigenvalue weighted by atomic mass is 35.6. The van der Waals surface area contributed by atoms with Crippen LogP contribution in [0.1, 0.15) is 32.4 Å². The smallest absolute Gasteiger partial charge is 0.265 e. The van der Waals surface area contributed by atoms with Crippen LogP contribution in [0.3, 0.4) is 0 Å². The Labute approximate surface area is 224 Å². The summed E-state index contributed by atoms with van der Waals surface area (Å²) in [4.78, 5) is 0. The summed E-state index contributed by atoms with van der Waals surface area (Å²) in [7, 11) is -2.66. The Morgan fingerprint density at radius 3 is 1.71 bits per heavy atom. The number of hydrogen-bond acceptors (Lipinski definition) is 3. The van der Waals surface area contributed by atoms with Crippen LogP contribution in [0.25, 0.3) is 0 Å². The quantitative estimate of drug-likeness (QED) is 0.106. The standard InChI is InChI=1S/C28H30Cl3NO2Si/c1-27(2,3)35(23-16-9-5-10-17-23,24-18-11-6-12-19-24)33-21-13-20-25(22-14-7-4-8-15-22)34-26(32)28(29,30)31/h4-20,25,32H,21H2,1-3H3/b20-13+,32-26?/t25-/m0/s1. The Balaban J connectivity index is 1.93. The van der Waals surface area contributed by atoms with Gasteiger partial charge in [0.05, 0.1) is 6.61 Å². The molecule has 0 saturated heterocycles. The Bertz CT molecular complexity index is 1070. The molecule has 3 aromatic carbocycles. The highest BCUT2D eigenvalue weighted by Crippen LogP contribution is 2.37. The Kier molecular flexibility index (Phi) is 9.25. The molecule has 0 heterocycles. The second kappa shape index (κ2) is 11.8. The zero-order valence-electron chi connectivity index (χ0n) is 20.0. The molecule has 0 aliphatic carbocycles. The van der Waals surface area contributed by atoms with Gasteiger partial charge in [0.2, 0.25) is 5.90 Å². The van der Waals surface area contributed by atoms with E-state index in [9.17, 15) is 0 Å². The van der Waals surface area contributed by atoms with E-state index in [4.69, 9.17) is 49.4 Å². The summed E-state index contributed by atoms with van der Waals surface area (Å²) in [6.07, 6.45) is 3.17. The monoisotopic (exact) mass is 545 g/mol. The second-order valence-corrected chi connectivity index (χ2v) is 15.8. The van der Waals surface area contributed by atoms with Crippen LogP contribution in [-0.2, 0) is 9.16 Å². The molecule has 3 aromatic rings. The molecular formula is C28H30Cl3NO2Si. The molecule has 0 aromatic heterocycles. The molecular weight excluding hydrogens is 517 g/mol. The lowest BCUT2D eigenvalue weighted by Crippen LogP contribution is -2.66. The average Bonchev–Trinajstić information content (AvgIpc) is 2.83. The molecule has 0 aliphatic rings. The highest BCUT2D eigenvalue weighted by Gasteiger charge is 2.49. The number of ether oxygens (including phenoxy) is 1. The number of nitrogens with one attached hydrogen (secondary N) is 1. The maximum atomic E-state index is 8.03. The second-order valence-electron chi connectivity index (χ2n) is 9.18. The molecule has 0 bridgehead atoms. The fourth-order valence-corrected chi connectivity index (χ4v) is 8.80. The minimum Gasteiger partial charge on any atom is -0.466 e. The first-order valence-corrected chi connectivity index (χ1v) is 14.4. The molecule has 1 atom stereocenters. The molecule has 1 N–H and O–H groups in total. The molecule has 0 saturated carbocycles. The summed E-state index contributed by atoms with van der Waals surface area (Å²) in [5.41, 5.74) is 0.841. The fourth-order valence-electron chi connectivity index (χ4n) is 4.17. The first-order chi connectivity index (χ1) is 16.6. The van der Waals surface area contributed by atoms with E-state index >= 15 is 0 Å². The van der Waals surface area contributed by atoms with Crippen molar-refractivity contribution < 1.29 is 9.16 Å². The minimum atomic E-state index is -2.66. The third-order valence-electron chi connectivity index (χ3n) is 5.75. The van der Waals surface area contributed by atoms with Gasteiger partial charge in [-0.2, -0.15) is 0 Å². The average molecular weight is 547 g/mol. The van der Waals surface area contributed by atoms with Crippen molar-refractivity contribution in [2.75, 3.05) is 6.61 Å². The van der Waals surface area contributed by atoms with Gasteiger partial charge in [-0.1, -0.05) is 153 Å². The van der Waals surface area contributed by atoms with Crippen molar-refractivity contribution in [2.45, 2.75) is 35.7 Å². The third kappa shape index (κ3) is 6.78. The van der Waals surface area contributed by atoms with Gasteiger partial charge in [0, 0.05) is 0 Å². The minimum absolute atomic E-state index is 0.128. The molecule has 3 rings (SSSR count). The van der Waals surface area contributed by atoms with E-state index in [0.717, 1.165) is 5.56 Å². The molecule has 0 radical (unpaired) electrons. The van der Waals surface area contributed by atoms with E-state index in [-0.39, 0.29) is 5.04 Å². The van der Waals surface area contributed by atoms with Gasteiger partial charge >= 0.3 is 0 Å². The summed E-state index contributed by atoms with van der Waals surface area (Å²) in [6, 6.07) is 30.5. The van der Waals surface area contributed by atoms with Crippen molar-refractivity contribution >= 4 is 59.4 Å². The van der Waals surface area contributed by atoms with E-state index in [1.165, 1.54) is 10.4 Å². The van der Waals surface area contributed by atoms with Gasteiger partial charge in [-0.05, 0) is 27.1 Å². The number of hydrogen-bond donors (Lipinski definition) is 1. The molecule has 0 amide bonds. The maximum absolute atomic E-state index is 8.03. The van der Waals surface area contributed by atoms with Crippen molar-refractivity contribution in [3.8, 4) is 0 Å². The van der Waals surface area contributed by atoms with Crippen LogP contribution in [0.2, 0.25) is 5.04 Å². The van der Waals surface area contributed by atoms with Crippen LogP contribution in [0, 0.1) is 5.41 Å². The van der Waals surface area contributed by atoms with Crippen LogP contribution >= 0.6 is 34.8 Å². The topological polar surface area (TPSA) is 42.3 Å². The van der Waals surface area contributed by atoms with Crippen LogP contribution in [0.4, 0.5) is 0 Å². The fraction of sp³-hybridized carbons (Fsp3) is 0.250. The molecule has 0 fully saturated rings. The number of rotatable bonds is 8. The van der Waals surface area contributed by atoms with Gasteiger partial charge in [-0.3, -0.25) is 5.41 Å². The van der Waals surface area contributed by atoms with Crippen molar-refractivity contribution in [3.63, 3.8) is 0 Å². The molecule has 0 aliphatic heterocycles. The SMILES string of the molecule is CC(C)(C)[Si](OC/C=C/[C@H](OC(=N)C(Cl)(Cl)Cl)c1ccccc1)(c1ccccc1)c1ccccc1. The highest BCUT2D eigenvalue weighted by molar-refractivity contribution is 6.99. The van der Waals surface area contributed by atoms with Gasteiger partial charge in [-0.25, -0.2) is 0 Å². The van der Waals surface area contributed by atoms with E-state index < -0.39 is 24.1 Å². The van der Waals surface area contributed by atoms with Crippen LogP contribution in [0.5, 0.6) is 0 Å². The molecule has 0 spiro atoms. The zero-order valence-corrected chi connectivity index (χ0v) is 23.3. The van der Waals surface area contributed by atoms with E-state index in [2.05, 4.69) is 69.3 Å². The van der Waals surface area contributed by atoms with Crippen molar-refractivity contribution in [1.82, 2.24) is 0 Å². The number of benzene rings is 3. The lowest BCUT2D eigenvalue weighted by molar-refractivity contribution is 0.232. The Hall–Kier alpha value is -2.08. The molecule has 3 nitrogen and oxygen atoms in total. The number of alkyl halides is 3. The molecule has 0 unspecified atom stereocenters. The summed E-state index contributed by atoms with van der Waals surface area (Å²) in [5.74, 6) is -0.436. The van der Waals surface area contributed by atoms with Gasteiger partial charge < -0.3 is 9.16 Å². The van der Waals surface area contributed by atoms with Gasteiger partial charge in [-0.15, -0.1) is 0 Å². The van der Waals surface area contributed by atoms with Gasteiger partial charge in [0.15, 0.2) is 0 Å². The largest absolute Gasteiger partial charge is 0.466 e. The Morgan fingerprint density at radius 1 is 0.829 bits per heavy atom. The van der Waals surface area contributed by atoms with Gasteiger partial charge in [0.1, 0.15) is 6.10 Å². The van der Waals surface area contributed by atoms with Crippen molar-refractivity contribution in [1.29, 1.82) is 5.41 Å². The summed E-state index contributed by atoms with van der Waals surface area (Å²) in [5, 5.41) is 10.3. The lowest BCUT2D eigenvalue weighted by atomic mass is 10.1. The first-order valence-electron chi connectivity index (χ1n) is 11.3. The predicted octanol–water partition coefficient (Wildman–Crippen LogP) is 7.22. The zero-order chi connectivity index (χ0) is 25.5. The van der Waals surface area contributed by atoms with Crippen LogP contribution in [0.15, 0.2) is 103 Å². The van der Waals surface area contributed by atoms with Crippen LogP contribution in [-0.4, -0.2) is 24.6 Å². The first kappa shape index (κ1) is 27.5. The van der Waals surface area contributed by atoms with Crippen molar-refractivity contribution in [2.24, 2.45) is 0 Å². The lowest BCUT2D eigenvalue weighted by Gasteiger charge is -2.42. The predicted molar refractivity (Wildman–Crippen MR) is 151 cm³/mol.